The molecule has 0 spiro atoms. The lowest BCUT2D eigenvalue weighted by atomic mass is 10.1. The normalized spacial score (nSPS) is 19.6. The number of aliphatic hydroxyl groups is 1. The summed E-state index contributed by atoms with van der Waals surface area (Å²) in [4.78, 5) is 30.5. The molecule has 3 aromatic heterocycles. The Balaban J connectivity index is 1.56. The predicted octanol–water partition coefficient (Wildman–Crippen LogP) is 1.94. The van der Waals surface area contributed by atoms with E-state index in [0.717, 1.165) is 16.8 Å². The number of imidazole rings is 1. The van der Waals surface area contributed by atoms with Crippen molar-refractivity contribution in [2.75, 3.05) is 24.7 Å². The minimum atomic E-state index is -0.962. The van der Waals surface area contributed by atoms with Crippen LogP contribution in [-0.4, -0.2) is 61.8 Å². The van der Waals surface area contributed by atoms with Crippen molar-refractivity contribution in [2.45, 2.75) is 31.4 Å². The van der Waals surface area contributed by atoms with Gasteiger partial charge < -0.3 is 25.8 Å². The monoisotopic (exact) mass is 474 g/mol. The molecule has 1 amide bonds. The summed E-state index contributed by atoms with van der Waals surface area (Å²) in [6.07, 6.45) is 2.73. The van der Waals surface area contributed by atoms with Crippen LogP contribution in [0.15, 0.2) is 55.1 Å². The number of nitrogens with zero attached hydrogens (tertiary/aromatic N) is 5. The molecule has 11 heteroatoms. The molecule has 35 heavy (non-hydrogen) atoms. The molecule has 4 aromatic rings. The van der Waals surface area contributed by atoms with Crippen molar-refractivity contribution in [1.82, 2.24) is 29.8 Å². The second kappa shape index (κ2) is 9.65. The molecule has 5 rings (SSSR count). The molecular weight excluding hydrogens is 448 g/mol. The van der Waals surface area contributed by atoms with Crippen LogP contribution in [0.4, 0.5) is 11.5 Å². The maximum Gasteiger partial charge on any atom is 0.251 e. The van der Waals surface area contributed by atoms with Gasteiger partial charge in [0.05, 0.1) is 18.1 Å². The summed E-state index contributed by atoms with van der Waals surface area (Å²) in [5.74, 6) is 0.643. The van der Waals surface area contributed by atoms with E-state index >= 15 is 0 Å². The molecule has 180 valence electrons. The molecule has 11 nitrogen and oxygen atoms in total. The zero-order valence-electron chi connectivity index (χ0n) is 19.3. The number of likely N-dealkylation sites (N-methyl/N-ethyl adjacent to an activating group) is 1. The summed E-state index contributed by atoms with van der Waals surface area (Å²) in [7, 11) is 3.33. The van der Waals surface area contributed by atoms with Crippen LogP contribution in [0.3, 0.4) is 0 Å². The SMILES string of the molecule is CNC(=O)[C@H]1O[C@@H](n2cnc3c(NCc4ccccc4)nc(-c4cncc(NC)c4)nc32)C[C@@H]1O. The number of aliphatic hydroxyl groups excluding tert-OH is 1. The van der Waals surface area contributed by atoms with E-state index < -0.39 is 18.4 Å². The van der Waals surface area contributed by atoms with Gasteiger partial charge in [-0.1, -0.05) is 30.3 Å². The van der Waals surface area contributed by atoms with Crippen molar-refractivity contribution in [1.29, 1.82) is 0 Å². The molecule has 0 saturated carbocycles. The largest absolute Gasteiger partial charge is 0.390 e. The summed E-state index contributed by atoms with van der Waals surface area (Å²) in [5, 5.41) is 19.4. The molecule has 1 aliphatic rings. The van der Waals surface area contributed by atoms with Gasteiger partial charge >= 0.3 is 0 Å². The first-order valence-corrected chi connectivity index (χ1v) is 11.3. The first kappa shape index (κ1) is 22.7. The van der Waals surface area contributed by atoms with Crippen LogP contribution in [0.5, 0.6) is 0 Å². The van der Waals surface area contributed by atoms with Crippen molar-refractivity contribution in [3.63, 3.8) is 0 Å². The van der Waals surface area contributed by atoms with E-state index in [9.17, 15) is 9.90 Å². The molecule has 1 aliphatic heterocycles. The Morgan fingerprint density at radius 2 is 2.03 bits per heavy atom. The van der Waals surface area contributed by atoms with E-state index in [2.05, 4.69) is 25.9 Å². The number of anilines is 2. The molecule has 0 radical (unpaired) electrons. The second-order valence-electron chi connectivity index (χ2n) is 8.20. The molecule has 0 bridgehead atoms. The van der Waals surface area contributed by atoms with Crippen LogP contribution >= 0.6 is 0 Å². The van der Waals surface area contributed by atoms with Gasteiger partial charge in [-0.25, -0.2) is 15.0 Å². The maximum atomic E-state index is 12.1. The fourth-order valence-corrected chi connectivity index (χ4v) is 4.06. The number of carbonyl (C=O) groups is 1. The van der Waals surface area contributed by atoms with Crippen molar-refractivity contribution in [3.05, 3.63) is 60.7 Å². The van der Waals surface area contributed by atoms with E-state index in [1.807, 2.05) is 43.4 Å². The highest BCUT2D eigenvalue weighted by molar-refractivity contribution is 5.85. The van der Waals surface area contributed by atoms with Gasteiger partial charge in [-0.2, -0.15) is 0 Å². The molecule has 4 heterocycles. The van der Waals surface area contributed by atoms with Gasteiger partial charge in [-0.3, -0.25) is 14.3 Å². The number of fused-ring (bicyclic) bond motifs is 1. The molecule has 3 atom stereocenters. The third kappa shape index (κ3) is 4.51. The summed E-state index contributed by atoms with van der Waals surface area (Å²) in [5.41, 5.74) is 3.73. The lowest BCUT2D eigenvalue weighted by Crippen LogP contribution is -2.38. The van der Waals surface area contributed by atoms with Gasteiger partial charge in [-0.15, -0.1) is 0 Å². The number of nitrogens with one attached hydrogen (secondary N) is 3. The van der Waals surface area contributed by atoms with Crippen molar-refractivity contribution < 1.29 is 14.6 Å². The predicted molar refractivity (Wildman–Crippen MR) is 130 cm³/mol. The molecule has 1 aromatic carbocycles. The first-order chi connectivity index (χ1) is 17.1. The van der Waals surface area contributed by atoms with E-state index in [1.165, 1.54) is 7.05 Å². The van der Waals surface area contributed by atoms with Crippen LogP contribution in [0.2, 0.25) is 0 Å². The summed E-state index contributed by atoms with van der Waals surface area (Å²) < 4.78 is 7.62. The van der Waals surface area contributed by atoms with Gasteiger partial charge in [0.2, 0.25) is 0 Å². The van der Waals surface area contributed by atoms with Crippen LogP contribution < -0.4 is 16.0 Å². The third-order valence-corrected chi connectivity index (χ3v) is 5.92. The number of aromatic nitrogens is 5. The standard InChI is InChI=1S/C24H26N8O3/c1-25-16-8-15(11-27-12-16)21-30-22(28-10-14-6-4-3-5-7-14)19-23(31-21)32(13-29-19)18-9-17(33)20(35-18)24(34)26-2/h3-8,11-13,17-18,20,25,33H,9-10H2,1-2H3,(H,26,34)(H,28,30,31)/t17-,18+,20-/m0/s1. The van der Waals surface area contributed by atoms with Gasteiger partial charge in [0.15, 0.2) is 28.9 Å². The van der Waals surface area contributed by atoms with E-state index in [0.29, 0.717) is 29.4 Å². The Hall–Kier alpha value is -4.09. The summed E-state index contributed by atoms with van der Waals surface area (Å²) in [6, 6.07) is 11.9. The third-order valence-electron chi connectivity index (χ3n) is 5.92. The number of carbonyl (C=O) groups excluding carboxylic acids is 1. The average molecular weight is 475 g/mol. The quantitative estimate of drug-likeness (QED) is 0.316. The van der Waals surface area contributed by atoms with Crippen LogP contribution in [-0.2, 0) is 16.1 Å². The Labute approximate surface area is 201 Å². The van der Waals surface area contributed by atoms with Crippen LogP contribution in [0.1, 0.15) is 18.2 Å². The highest BCUT2D eigenvalue weighted by Gasteiger charge is 2.40. The highest BCUT2D eigenvalue weighted by Crippen LogP contribution is 2.33. The van der Waals surface area contributed by atoms with Crippen molar-refractivity contribution in [3.8, 4) is 11.4 Å². The zero-order chi connectivity index (χ0) is 24.4. The maximum absolute atomic E-state index is 12.1. The summed E-state index contributed by atoms with van der Waals surface area (Å²) >= 11 is 0. The Kier molecular flexibility index (Phi) is 6.25. The van der Waals surface area contributed by atoms with Gasteiger partial charge in [0, 0.05) is 45.0 Å². The number of ether oxygens (including phenoxy) is 1. The van der Waals surface area contributed by atoms with Crippen LogP contribution in [0, 0.1) is 0 Å². The number of amides is 1. The molecule has 0 unspecified atom stereocenters. The molecular formula is C24H26N8O3. The smallest absolute Gasteiger partial charge is 0.251 e. The number of benzene rings is 1. The van der Waals surface area contributed by atoms with Gasteiger partial charge in [0.25, 0.3) is 5.91 Å². The van der Waals surface area contributed by atoms with Gasteiger partial charge in [-0.05, 0) is 11.6 Å². The van der Waals surface area contributed by atoms with Crippen molar-refractivity contribution in [2.24, 2.45) is 0 Å². The minimum Gasteiger partial charge on any atom is -0.390 e. The van der Waals surface area contributed by atoms with E-state index in [4.69, 9.17) is 14.7 Å². The average Bonchev–Trinajstić information content (AvgIpc) is 3.50. The summed E-state index contributed by atoms with van der Waals surface area (Å²) in [6.45, 7) is 0.547. The van der Waals surface area contributed by atoms with E-state index in [1.54, 1.807) is 23.3 Å². The topological polar surface area (TPSA) is 139 Å². The lowest BCUT2D eigenvalue weighted by molar-refractivity contribution is -0.137. The van der Waals surface area contributed by atoms with Crippen LogP contribution in [0.25, 0.3) is 22.6 Å². The molecule has 1 fully saturated rings. The fraction of sp³-hybridized carbons (Fsp3) is 0.292. The Morgan fingerprint density at radius 3 is 2.80 bits per heavy atom. The van der Waals surface area contributed by atoms with Crippen molar-refractivity contribution >= 4 is 28.6 Å². The second-order valence-corrected chi connectivity index (χ2v) is 8.20. The molecule has 0 aliphatic carbocycles. The lowest BCUT2D eigenvalue weighted by Gasteiger charge is -2.15. The Bertz CT molecular complexity index is 1340. The van der Waals surface area contributed by atoms with E-state index in [-0.39, 0.29) is 12.3 Å². The number of hydrogen-bond acceptors (Lipinski definition) is 9. The Morgan fingerprint density at radius 1 is 1.20 bits per heavy atom. The first-order valence-electron chi connectivity index (χ1n) is 11.3. The fourth-order valence-electron chi connectivity index (χ4n) is 4.06. The number of rotatable bonds is 7. The number of pyridine rings is 1. The highest BCUT2D eigenvalue weighted by atomic mass is 16.5. The van der Waals surface area contributed by atoms with Gasteiger partial charge in [0.1, 0.15) is 6.23 Å². The zero-order valence-corrected chi connectivity index (χ0v) is 19.3. The molecule has 4 N–H and O–H groups in total. The minimum absolute atomic E-state index is 0.229. The molecule has 1 saturated heterocycles. The number of hydrogen-bond donors (Lipinski definition) is 4.